The zero-order chi connectivity index (χ0) is 20.6. The van der Waals surface area contributed by atoms with E-state index in [1.165, 1.54) is 18.2 Å². The van der Waals surface area contributed by atoms with Crippen molar-refractivity contribution in [3.8, 4) is 0 Å². The van der Waals surface area contributed by atoms with Gasteiger partial charge in [-0.1, -0.05) is 24.3 Å². The van der Waals surface area contributed by atoms with Crippen LogP contribution in [0.2, 0.25) is 0 Å². The molecule has 9 heteroatoms. The van der Waals surface area contributed by atoms with Crippen molar-refractivity contribution >= 4 is 28.8 Å². The number of nitrogens with zero attached hydrogens (tertiary/aromatic N) is 3. The van der Waals surface area contributed by atoms with E-state index in [9.17, 15) is 18.0 Å². The lowest BCUT2D eigenvalue weighted by molar-refractivity contribution is -0.138. The van der Waals surface area contributed by atoms with Gasteiger partial charge in [-0.25, -0.2) is 4.99 Å². The van der Waals surface area contributed by atoms with Crippen molar-refractivity contribution in [3.05, 3.63) is 71.0 Å². The molecule has 2 heterocycles. The van der Waals surface area contributed by atoms with Crippen LogP contribution in [0.1, 0.15) is 16.7 Å². The zero-order valence-corrected chi connectivity index (χ0v) is 15.3. The summed E-state index contributed by atoms with van der Waals surface area (Å²) < 4.78 is 41.0. The van der Waals surface area contributed by atoms with Crippen LogP contribution in [-0.4, -0.2) is 21.6 Å². The molecule has 0 atom stereocenters. The van der Waals surface area contributed by atoms with Crippen molar-refractivity contribution in [2.75, 3.05) is 0 Å². The predicted octanol–water partition coefficient (Wildman–Crippen LogP) is 3.21. The fourth-order valence-corrected chi connectivity index (χ4v) is 3.11. The van der Waals surface area contributed by atoms with E-state index in [4.69, 9.17) is 0 Å². The highest BCUT2D eigenvalue weighted by Gasteiger charge is 2.33. The monoisotopic (exact) mass is 399 g/mol. The Morgan fingerprint density at radius 2 is 2.00 bits per heavy atom. The molecule has 148 valence electrons. The minimum absolute atomic E-state index is 0.0661. The van der Waals surface area contributed by atoms with E-state index >= 15 is 0 Å². The van der Waals surface area contributed by atoms with E-state index in [1.54, 1.807) is 17.0 Å². The Balaban J connectivity index is 1.53. The molecule has 0 spiro atoms. The molecule has 2 aromatic carbocycles. The third-order valence-corrected chi connectivity index (χ3v) is 4.54. The number of aliphatic imine (C=N–C) groups is 1. The lowest BCUT2D eigenvalue weighted by Gasteiger charge is -2.13. The maximum Gasteiger partial charge on any atom is 0.416 e. The lowest BCUT2D eigenvalue weighted by Crippen LogP contribution is -2.36. The lowest BCUT2D eigenvalue weighted by atomic mass is 10.1. The van der Waals surface area contributed by atoms with Gasteiger partial charge in [0, 0.05) is 19.0 Å². The second-order valence-electron chi connectivity index (χ2n) is 6.54. The van der Waals surface area contributed by atoms with Crippen LogP contribution in [-0.2, 0) is 24.6 Å². The third kappa shape index (κ3) is 3.84. The second kappa shape index (κ2) is 7.08. The number of halogens is 3. The highest BCUT2D eigenvalue weighted by molar-refractivity contribution is 6.13. The first-order valence-corrected chi connectivity index (χ1v) is 8.74. The van der Waals surface area contributed by atoms with E-state index in [0.717, 1.165) is 22.5 Å². The van der Waals surface area contributed by atoms with Crippen LogP contribution in [0, 0.1) is 0 Å². The van der Waals surface area contributed by atoms with Gasteiger partial charge in [0.2, 0.25) is 5.96 Å². The largest absolute Gasteiger partial charge is 0.416 e. The summed E-state index contributed by atoms with van der Waals surface area (Å²) >= 11 is 0. The number of hydrogen-bond donors (Lipinski definition) is 2. The molecule has 4 rings (SSSR count). The van der Waals surface area contributed by atoms with Gasteiger partial charge >= 0.3 is 6.18 Å². The molecule has 2 N–H and O–H groups in total. The average molecular weight is 399 g/mol. The maximum absolute atomic E-state index is 13.1. The van der Waals surface area contributed by atoms with Crippen LogP contribution in [0.3, 0.4) is 0 Å². The molecule has 1 aliphatic heterocycles. The number of carbonyl (C=O) groups is 1. The molecule has 6 nitrogen and oxygen atoms in total. The van der Waals surface area contributed by atoms with Gasteiger partial charge in [-0.05, 0) is 35.4 Å². The smallest absolute Gasteiger partial charge is 0.352 e. The number of alkyl halides is 3. The van der Waals surface area contributed by atoms with Gasteiger partial charge in [-0.3, -0.25) is 14.8 Å². The number of nitrogens with one attached hydrogen (secondary N) is 2. The average Bonchev–Trinajstić information content (AvgIpc) is 3.22. The topological polar surface area (TPSA) is 71.3 Å². The normalized spacial score (nSPS) is 15.7. The highest BCUT2D eigenvalue weighted by atomic mass is 19.4. The number of aryl methyl sites for hydroxylation is 1. The summed E-state index contributed by atoms with van der Waals surface area (Å²) in [6.45, 7) is -0.121. The Morgan fingerprint density at radius 3 is 2.79 bits per heavy atom. The molecule has 1 aromatic heterocycles. The number of rotatable bonds is 3. The quantitative estimate of drug-likeness (QED) is 0.665. The molecule has 0 saturated carbocycles. The second-order valence-corrected chi connectivity index (χ2v) is 6.54. The highest BCUT2D eigenvalue weighted by Crippen LogP contribution is 2.31. The standard InChI is InChI=1S/C20H16F3N5O/c1-28-17-7-6-12(8-14(17)11-25-28)9-16-18(29)27-19(26-16)24-10-13-4-2-3-5-15(13)20(21,22)23/h2-9,11H,10H2,1H3,(H2,24,26,27,29)/b16-9-. The van der Waals surface area contributed by atoms with Crippen molar-refractivity contribution in [2.45, 2.75) is 12.7 Å². The van der Waals surface area contributed by atoms with Crippen LogP contribution < -0.4 is 10.6 Å². The van der Waals surface area contributed by atoms with Gasteiger partial charge in [0.05, 0.1) is 17.3 Å². The summed E-state index contributed by atoms with van der Waals surface area (Å²) in [5.74, 6) is -0.316. The third-order valence-electron chi connectivity index (χ3n) is 4.54. The van der Waals surface area contributed by atoms with E-state index in [2.05, 4.69) is 20.7 Å². The van der Waals surface area contributed by atoms with E-state index in [-0.39, 0.29) is 23.8 Å². The molecular weight excluding hydrogens is 383 g/mol. The summed E-state index contributed by atoms with van der Waals surface area (Å²) in [5, 5.41) is 10.4. The number of fused-ring (bicyclic) bond motifs is 1. The van der Waals surface area contributed by atoms with Crippen molar-refractivity contribution in [2.24, 2.45) is 12.0 Å². The predicted molar refractivity (Wildman–Crippen MR) is 103 cm³/mol. The minimum atomic E-state index is -4.45. The zero-order valence-electron chi connectivity index (χ0n) is 15.3. The van der Waals surface area contributed by atoms with Crippen LogP contribution in [0.15, 0.2) is 59.4 Å². The Morgan fingerprint density at radius 1 is 1.21 bits per heavy atom. The Kier molecular flexibility index (Phi) is 4.57. The molecule has 3 aromatic rings. The molecule has 1 amide bonds. The molecule has 0 fully saturated rings. The molecule has 0 unspecified atom stereocenters. The molecule has 0 radical (unpaired) electrons. The summed E-state index contributed by atoms with van der Waals surface area (Å²) in [7, 11) is 1.84. The van der Waals surface area contributed by atoms with E-state index in [1.807, 2.05) is 25.2 Å². The minimum Gasteiger partial charge on any atom is -0.352 e. The number of amides is 1. The first-order valence-electron chi connectivity index (χ1n) is 8.74. The fraction of sp³-hybridized carbons (Fsp3) is 0.150. The van der Waals surface area contributed by atoms with Crippen LogP contribution >= 0.6 is 0 Å². The van der Waals surface area contributed by atoms with Crippen molar-refractivity contribution in [3.63, 3.8) is 0 Å². The van der Waals surface area contributed by atoms with Gasteiger partial charge in [0.1, 0.15) is 5.70 Å². The van der Waals surface area contributed by atoms with E-state index in [0.29, 0.717) is 0 Å². The summed E-state index contributed by atoms with van der Waals surface area (Å²) in [5.41, 5.74) is 1.23. The van der Waals surface area contributed by atoms with Crippen molar-refractivity contribution in [1.29, 1.82) is 0 Å². The van der Waals surface area contributed by atoms with Gasteiger partial charge in [0.25, 0.3) is 5.91 Å². The molecule has 0 bridgehead atoms. The number of carbonyl (C=O) groups excluding carboxylic acids is 1. The first-order chi connectivity index (χ1) is 13.8. The SMILES string of the molecule is Cn1ncc2cc(/C=C3\N=C(NCc4ccccc4C(F)(F)F)NC3=O)ccc21. The molecule has 1 aliphatic rings. The number of hydrogen-bond acceptors (Lipinski definition) is 4. The molecular formula is C20H16F3N5O. The molecule has 29 heavy (non-hydrogen) atoms. The van der Waals surface area contributed by atoms with Crippen LogP contribution in [0.5, 0.6) is 0 Å². The Hall–Kier alpha value is -3.62. The van der Waals surface area contributed by atoms with Gasteiger partial charge in [-0.15, -0.1) is 0 Å². The number of aromatic nitrogens is 2. The summed E-state index contributed by atoms with van der Waals surface area (Å²) in [4.78, 5) is 16.3. The van der Waals surface area contributed by atoms with Crippen molar-refractivity contribution in [1.82, 2.24) is 20.4 Å². The van der Waals surface area contributed by atoms with Crippen LogP contribution in [0.25, 0.3) is 17.0 Å². The van der Waals surface area contributed by atoms with Gasteiger partial charge in [-0.2, -0.15) is 18.3 Å². The van der Waals surface area contributed by atoms with Crippen LogP contribution in [0.4, 0.5) is 13.2 Å². The maximum atomic E-state index is 13.1. The molecule has 0 saturated heterocycles. The number of guanidine groups is 1. The molecule has 0 aliphatic carbocycles. The Labute approximate surface area is 163 Å². The van der Waals surface area contributed by atoms with Gasteiger partial charge in [0.15, 0.2) is 0 Å². The first kappa shape index (κ1) is 18.7. The summed E-state index contributed by atoms with van der Waals surface area (Å²) in [6, 6.07) is 10.9. The van der Waals surface area contributed by atoms with E-state index < -0.39 is 17.6 Å². The Bertz CT molecular complexity index is 1160. The van der Waals surface area contributed by atoms with Gasteiger partial charge < -0.3 is 5.32 Å². The summed E-state index contributed by atoms with van der Waals surface area (Å²) in [6.07, 6.45) is -1.12. The number of benzene rings is 2. The fourth-order valence-electron chi connectivity index (χ4n) is 3.11. The van der Waals surface area contributed by atoms with Crippen molar-refractivity contribution < 1.29 is 18.0 Å².